The van der Waals surface area contributed by atoms with E-state index in [-0.39, 0.29) is 23.4 Å². The van der Waals surface area contributed by atoms with Crippen molar-refractivity contribution in [3.8, 4) is 0 Å². The average Bonchev–Trinajstić information content (AvgIpc) is 2.75. The Hall–Kier alpha value is -3.91. The van der Waals surface area contributed by atoms with Crippen LogP contribution in [0.15, 0.2) is 58.1 Å². The highest BCUT2D eigenvalue weighted by molar-refractivity contribution is 6.05. The van der Waals surface area contributed by atoms with Crippen LogP contribution < -0.4 is 10.9 Å². The molecule has 0 saturated heterocycles. The lowest BCUT2D eigenvalue weighted by Gasteiger charge is -2.10. The van der Waals surface area contributed by atoms with Gasteiger partial charge in [0.15, 0.2) is 5.58 Å². The van der Waals surface area contributed by atoms with Gasteiger partial charge in [-0.05, 0) is 62.2 Å². The fourth-order valence-electron chi connectivity index (χ4n) is 3.57. The number of benzene rings is 2. The maximum atomic E-state index is 14.1. The number of rotatable bonds is 4. The maximum absolute atomic E-state index is 14.1. The Morgan fingerprint density at radius 3 is 2.48 bits per heavy atom. The number of halogens is 2. The van der Waals surface area contributed by atoms with Crippen LogP contribution in [0.5, 0.6) is 0 Å². The summed E-state index contributed by atoms with van der Waals surface area (Å²) in [7, 11) is 0. The van der Waals surface area contributed by atoms with Crippen LogP contribution >= 0.6 is 0 Å². The summed E-state index contributed by atoms with van der Waals surface area (Å²) in [6, 6.07) is 10.0. The first-order chi connectivity index (χ1) is 15.7. The van der Waals surface area contributed by atoms with Crippen molar-refractivity contribution in [1.29, 1.82) is 0 Å². The fraction of sp³-hybridized carbons (Fsp3) is 0.160. The van der Waals surface area contributed by atoms with Crippen LogP contribution in [-0.2, 0) is 6.61 Å². The number of amides is 1. The summed E-state index contributed by atoms with van der Waals surface area (Å²) in [6.45, 7) is 5.27. The Balaban J connectivity index is 1.94. The number of aliphatic hydroxyl groups excluding tert-OH is 1. The minimum absolute atomic E-state index is 0.00694. The molecular formula is C25H21F2N3O3. The summed E-state index contributed by atoms with van der Waals surface area (Å²) < 4.78 is 33.4. The van der Waals surface area contributed by atoms with Crippen molar-refractivity contribution in [1.82, 2.24) is 4.98 Å². The first kappa shape index (κ1) is 22.3. The molecule has 33 heavy (non-hydrogen) atoms. The molecule has 0 unspecified atom stereocenters. The third-order valence-corrected chi connectivity index (χ3v) is 5.08. The van der Waals surface area contributed by atoms with Crippen LogP contribution in [0.4, 0.5) is 20.2 Å². The molecule has 168 valence electrons. The Morgan fingerprint density at radius 2 is 1.82 bits per heavy atom. The molecule has 4 rings (SSSR count). The van der Waals surface area contributed by atoms with E-state index >= 15 is 0 Å². The average molecular weight is 449 g/mol. The highest BCUT2D eigenvalue weighted by Gasteiger charge is 2.18. The molecule has 0 radical (unpaired) electrons. The summed E-state index contributed by atoms with van der Waals surface area (Å²) in [6.07, 6.45) is 1.50. The molecule has 8 heteroatoms. The first-order valence-electron chi connectivity index (χ1n) is 10.2. The molecule has 0 fully saturated rings. The normalized spacial score (nSPS) is 11.8. The number of pyridine rings is 1. The molecule has 1 amide bonds. The molecule has 0 aliphatic carbocycles. The van der Waals surface area contributed by atoms with E-state index in [2.05, 4.69) is 15.3 Å². The van der Waals surface area contributed by atoms with Crippen LogP contribution in [0.1, 0.15) is 32.7 Å². The molecule has 0 aliphatic rings. The molecule has 0 saturated carbocycles. The van der Waals surface area contributed by atoms with Crippen molar-refractivity contribution in [3.63, 3.8) is 0 Å². The lowest BCUT2D eigenvalue weighted by atomic mass is 10.1. The molecule has 2 heterocycles. The van der Waals surface area contributed by atoms with Crippen molar-refractivity contribution in [2.24, 2.45) is 4.99 Å². The number of carbonyl (C=O) groups excluding carboxylic acids is 1. The molecule has 0 bridgehead atoms. The number of carbonyl (C=O) groups is 1. The van der Waals surface area contributed by atoms with E-state index in [1.165, 1.54) is 12.3 Å². The van der Waals surface area contributed by atoms with E-state index in [4.69, 9.17) is 4.42 Å². The van der Waals surface area contributed by atoms with E-state index < -0.39 is 17.5 Å². The van der Waals surface area contributed by atoms with Gasteiger partial charge < -0.3 is 14.8 Å². The Kier molecular flexibility index (Phi) is 6.02. The van der Waals surface area contributed by atoms with Gasteiger partial charge >= 0.3 is 0 Å². The van der Waals surface area contributed by atoms with Gasteiger partial charge in [-0.15, -0.1) is 0 Å². The second-order valence-corrected chi connectivity index (χ2v) is 7.77. The monoisotopic (exact) mass is 449 g/mol. The highest BCUT2D eigenvalue weighted by Crippen LogP contribution is 2.23. The zero-order valence-corrected chi connectivity index (χ0v) is 18.2. The molecule has 6 nitrogen and oxygen atoms in total. The minimum Gasteiger partial charge on any atom is -0.436 e. The van der Waals surface area contributed by atoms with Crippen LogP contribution in [0, 0.1) is 32.4 Å². The van der Waals surface area contributed by atoms with Gasteiger partial charge in [-0.25, -0.2) is 13.8 Å². The molecule has 2 N–H and O–H groups in total. The molecule has 0 spiro atoms. The second-order valence-electron chi connectivity index (χ2n) is 7.77. The number of aromatic nitrogens is 1. The summed E-state index contributed by atoms with van der Waals surface area (Å²) in [5.41, 5.74) is 3.74. The lowest BCUT2D eigenvalue weighted by molar-refractivity contribution is 0.102. The van der Waals surface area contributed by atoms with Gasteiger partial charge in [-0.3, -0.25) is 9.78 Å². The van der Waals surface area contributed by atoms with E-state index in [0.717, 1.165) is 23.3 Å². The molecule has 2 aromatic carbocycles. The van der Waals surface area contributed by atoms with E-state index in [1.807, 2.05) is 32.0 Å². The topological polar surface area (TPSA) is 87.7 Å². The standard InChI is InChI=1S/C25H21F2N3O3/c1-13-6-14(2)8-18(7-13)29-25-20(24(32)30-22-5-4-17(26)9-21(22)27)10-19-16(12-31)11-28-15(3)23(19)33-25/h4-11,31H,12H2,1-3H3,(H,30,32). The fourth-order valence-corrected chi connectivity index (χ4v) is 3.57. The quantitative estimate of drug-likeness (QED) is 0.459. The SMILES string of the molecule is Cc1cc(C)cc(N=c2oc3c(C)ncc(CO)c3cc2C(=O)Nc2ccc(F)cc2F)c1. The first-order valence-corrected chi connectivity index (χ1v) is 10.2. The maximum Gasteiger partial charge on any atom is 0.261 e. The highest BCUT2D eigenvalue weighted by atomic mass is 19.1. The third-order valence-electron chi connectivity index (χ3n) is 5.08. The minimum atomic E-state index is -0.912. The largest absolute Gasteiger partial charge is 0.436 e. The summed E-state index contributed by atoms with van der Waals surface area (Å²) >= 11 is 0. The number of anilines is 1. The van der Waals surface area contributed by atoms with E-state index in [9.17, 15) is 18.7 Å². The van der Waals surface area contributed by atoms with Gasteiger partial charge in [-0.1, -0.05) is 6.07 Å². The molecule has 0 atom stereocenters. The summed E-state index contributed by atoms with van der Waals surface area (Å²) in [5.74, 6) is -2.37. The second kappa shape index (κ2) is 8.91. The molecule has 2 aromatic heterocycles. The van der Waals surface area contributed by atoms with Crippen molar-refractivity contribution in [2.45, 2.75) is 27.4 Å². The third kappa shape index (κ3) is 4.65. The van der Waals surface area contributed by atoms with E-state index in [1.54, 1.807) is 6.92 Å². The van der Waals surface area contributed by atoms with Gasteiger partial charge in [0.05, 0.1) is 23.7 Å². The number of hydrogen-bond donors (Lipinski definition) is 2. The number of nitrogens with zero attached hydrogens (tertiary/aromatic N) is 2. The molecule has 4 aromatic rings. The van der Waals surface area contributed by atoms with Crippen LogP contribution in [0.25, 0.3) is 11.0 Å². The van der Waals surface area contributed by atoms with Gasteiger partial charge in [0.2, 0.25) is 5.55 Å². The number of aliphatic hydroxyl groups is 1. The van der Waals surface area contributed by atoms with Gasteiger partial charge in [0.1, 0.15) is 17.2 Å². The summed E-state index contributed by atoms with van der Waals surface area (Å²) in [5, 5.41) is 12.6. The lowest BCUT2D eigenvalue weighted by Crippen LogP contribution is -2.22. The van der Waals surface area contributed by atoms with Crippen molar-refractivity contribution >= 4 is 28.3 Å². The number of hydrogen-bond acceptors (Lipinski definition) is 5. The van der Waals surface area contributed by atoms with Crippen LogP contribution in [-0.4, -0.2) is 16.0 Å². The Labute approximate surface area is 188 Å². The molecule has 0 aliphatic heterocycles. The Morgan fingerprint density at radius 1 is 1.09 bits per heavy atom. The van der Waals surface area contributed by atoms with Gasteiger partial charge in [-0.2, -0.15) is 0 Å². The number of nitrogens with one attached hydrogen (secondary N) is 1. The van der Waals surface area contributed by atoms with Crippen molar-refractivity contribution in [2.75, 3.05) is 5.32 Å². The summed E-state index contributed by atoms with van der Waals surface area (Å²) in [4.78, 5) is 21.9. The molecular weight excluding hydrogens is 428 g/mol. The number of fused-ring (bicyclic) bond motifs is 1. The van der Waals surface area contributed by atoms with Crippen LogP contribution in [0.2, 0.25) is 0 Å². The van der Waals surface area contributed by atoms with E-state index in [0.29, 0.717) is 34.0 Å². The van der Waals surface area contributed by atoms with Gasteiger partial charge in [0.25, 0.3) is 5.91 Å². The predicted molar refractivity (Wildman–Crippen MR) is 120 cm³/mol. The van der Waals surface area contributed by atoms with Crippen LogP contribution in [0.3, 0.4) is 0 Å². The van der Waals surface area contributed by atoms with Crippen molar-refractivity contribution < 1.29 is 23.1 Å². The van der Waals surface area contributed by atoms with Crippen molar-refractivity contribution in [3.05, 3.63) is 93.8 Å². The Bertz CT molecular complexity index is 1440. The smallest absolute Gasteiger partial charge is 0.261 e. The number of aryl methyl sites for hydroxylation is 3. The predicted octanol–water partition coefficient (Wildman–Crippen LogP) is 5.01. The zero-order chi connectivity index (χ0) is 23.7. The van der Waals surface area contributed by atoms with Gasteiger partial charge in [0, 0.05) is 23.2 Å². The zero-order valence-electron chi connectivity index (χ0n) is 18.2.